The van der Waals surface area contributed by atoms with Crippen molar-refractivity contribution in [1.29, 1.82) is 0 Å². The van der Waals surface area contributed by atoms with Crippen LogP contribution in [0.2, 0.25) is 0 Å². The number of hydrogen-bond donors (Lipinski definition) is 0. The molecule has 61 valence electrons. The fourth-order valence-corrected chi connectivity index (χ4v) is 0.864. The number of nitrogens with zero attached hydrogens (tertiary/aromatic N) is 2. The summed E-state index contributed by atoms with van der Waals surface area (Å²) in [7, 11) is 0. The molecule has 11 heavy (non-hydrogen) atoms. The first-order valence-corrected chi connectivity index (χ1v) is 3.89. The number of rotatable bonds is 5. The first-order valence-electron chi connectivity index (χ1n) is 3.89. The third-order valence-electron chi connectivity index (χ3n) is 1.41. The fourth-order valence-electron chi connectivity index (χ4n) is 0.864. The van der Waals surface area contributed by atoms with Crippen LogP contribution in [0.1, 0.15) is 13.3 Å². The largest absolute Gasteiger partial charge is 0.382 e. The highest BCUT2D eigenvalue weighted by Gasteiger charge is 1.89. The van der Waals surface area contributed by atoms with Crippen LogP contribution in [-0.4, -0.2) is 22.8 Å². The Morgan fingerprint density at radius 1 is 1.64 bits per heavy atom. The Kier molecular flexibility index (Phi) is 3.69. The van der Waals surface area contributed by atoms with Gasteiger partial charge in [0.1, 0.15) is 6.20 Å². The third kappa shape index (κ3) is 3.18. The predicted molar refractivity (Wildman–Crippen MR) is 42.2 cm³/mol. The summed E-state index contributed by atoms with van der Waals surface area (Å²) in [5.41, 5.74) is 0. The Bertz CT molecular complexity index is 172. The molecule has 0 unspecified atom stereocenters. The zero-order chi connectivity index (χ0) is 7.94. The monoisotopic (exact) mass is 153 g/mol. The first kappa shape index (κ1) is 8.27. The van der Waals surface area contributed by atoms with E-state index in [4.69, 9.17) is 4.74 Å². The molecule has 0 aromatic carbocycles. The predicted octanol–water partition coefficient (Wildman–Crippen LogP) is 1.11. The zero-order valence-corrected chi connectivity index (χ0v) is 6.79. The minimum absolute atomic E-state index is 0.802. The molecule has 1 rings (SSSR count). The van der Waals surface area contributed by atoms with Crippen LogP contribution in [0.5, 0.6) is 0 Å². The lowest BCUT2D eigenvalue weighted by atomic mass is 10.4. The summed E-state index contributed by atoms with van der Waals surface area (Å²) in [5.74, 6) is 0. The maximum atomic E-state index is 5.19. The van der Waals surface area contributed by atoms with Gasteiger partial charge in [-0.2, -0.15) is 0 Å². The van der Waals surface area contributed by atoms with E-state index in [0.29, 0.717) is 0 Å². The van der Waals surface area contributed by atoms with Gasteiger partial charge in [0, 0.05) is 26.0 Å². The number of hydrogen-bond acceptors (Lipinski definition) is 2. The summed E-state index contributed by atoms with van der Waals surface area (Å²) in [6.45, 7) is 4.60. The molecule has 0 aliphatic rings. The molecule has 1 aromatic rings. The lowest BCUT2D eigenvalue weighted by Crippen LogP contribution is -2.00. The van der Waals surface area contributed by atoms with Gasteiger partial charge in [-0.3, -0.25) is 0 Å². The Hall–Kier alpha value is -0.830. The normalized spacial score (nSPS) is 10.3. The maximum absolute atomic E-state index is 5.19. The van der Waals surface area contributed by atoms with Crippen molar-refractivity contribution in [1.82, 2.24) is 9.55 Å². The summed E-state index contributed by atoms with van der Waals surface area (Å²) >= 11 is 0. The Balaban J connectivity index is 2.04. The van der Waals surface area contributed by atoms with E-state index in [1.54, 1.807) is 6.33 Å². The molecule has 3 nitrogen and oxygen atoms in total. The number of ether oxygens (including phenoxy) is 1. The summed E-state index contributed by atoms with van der Waals surface area (Å²) in [4.78, 5) is 3.82. The van der Waals surface area contributed by atoms with Crippen molar-refractivity contribution in [3.05, 3.63) is 18.7 Å². The van der Waals surface area contributed by atoms with Gasteiger partial charge in [-0.15, -0.1) is 0 Å². The molecule has 0 aliphatic heterocycles. The van der Waals surface area contributed by atoms with Gasteiger partial charge in [0.25, 0.3) is 0 Å². The number of aromatic nitrogens is 2. The molecule has 0 N–H and O–H groups in total. The van der Waals surface area contributed by atoms with E-state index in [9.17, 15) is 0 Å². The highest BCUT2D eigenvalue weighted by Crippen LogP contribution is 1.90. The molecular formula is C8H13N2O. The molecule has 0 amide bonds. The van der Waals surface area contributed by atoms with E-state index in [0.717, 1.165) is 26.2 Å². The summed E-state index contributed by atoms with van der Waals surface area (Å²) < 4.78 is 7.19. The van der Waals surface area contributed by atoms with E-state index in [2.05, 4.69) is 11.2 Å². The highest BCUT2D eigenvalue weighted by molar-refractivity contribution is 4.71. The molecule has 0 saturated heterocycles. The van der Waals surface area contributed by atoms with Crippen molar-refractivity contribution < 1.29 is 4.74 Å². The van der Waals surface area contributed by atoms with Gasteiger partial charge in [0.15, 0.2) is 0 Å². The molecule has 0 fully saturated rings. The Morgan fingerprint density at radius 3 is 3.18 bits per heavy atom. The molecule has 1 radical (unpaired) electrons. The van der Waals surface area contributed by atoms with Crippen LogP contribution in [0.15, 0.2) is 12.5 Å². The number of aryl methyl sites for hydroxylation is 1. The summed E-state index contributed by atoms with van der Waals surface area (Å²) in [5, 5.41) is 0. The van der Waals surface area contributed by atoms with E-state index in [1.807, 2.05) is 17.7 Å². The van der Waals surface area contributed by atoms with Crippen molar-refractivity contribution >= 4 is 0 Å². The minimum atomic E-state index is 0.802. The van der Waals surface area contributed by atoms with Crippen molar-refractivity contribution in [3.63, 3.8) is 0 Å². The standard InChI is InChI=1S/C8H13N2O/c1-2-11-7-3-5-10-6-4-9-8-10/h6,8H,2-3,5,7H2,1H3. The van der Waals surface area contributed by atoms with Gasteiger partial charge in [0.2, 0.25) is 0 Å². The molecule has 0 spiro atoms. The lowest BCUT2D eigenvalue weighted by molar-refractivity contribution is 0.141. The molecule has 0 aliphatic carbocycles. The lowest BCUT2D eigenvalue weighted by Gasteiger charge is -2.01. The van der Waals surface area contributed by atoms with Gasteiger partial charge in [0.05, 0.1) is 6.33 Å². The van der Waals surface area contributed by atoms with E-state index < -0.39 is 0 Å². The molecular weight excluding hydrogens is 140 g/mol. The van der Waals surface area contributed by atoms with Crippen molar-refractivity contribution in [2.75, 3.05) is 13.2 Å². The quantitative estimate of drug-likeness (QED) is 0.592. The van der Waals surface area contributed by atoms with Crippen LogP contribution in [-0.2, 0) is 11.3 Å². The molecule has 0 bridgehead atoms. The van der Waals surface area contributed by atoms with Gasteiger partial charge >= 0.3 is 0 Å². The third-order valence-corrected chi connectivity index (χ3v) is 1.41. The Labute approximate surface area is 67.0 Å². The van der Waals surface area contributed by atoms with Crippen LogP contribution < -0.4 is 0 Å². The molecule has 1 aromatic heterocycles. The SMILES string of the molecule is CCOCCCn1c[c]nc1. The van der Waals surface area contributed by atoms with E-state index in [-0.39, 0.29) is 0 Å². The van der Waals surface area contributed by atoms with Crippen LogP contribution in [0, 0.1) is 6.20 Å². The summed E-state index contributed by atoms with van der Waals surface area (Å²) in [6, 6.07) is 0. The van der Waals surface area contributed by atoms with Gasteiger partial charge in [-0.1, -0.05) is 0 Å². The van der Waals surface area contributed by atoms with Crippen LogP contribution in [0.3, 0.4) is 0 Å². The second kappa shape index (κ2) is 4.91. The van der Waals surface area contributed by atoms with Crippen LogP contribution >= 0.6 is 0 Å². The highest BCUT2D eigenvalue weighted by atomic mass is 16.5. The zero-order valence-electron chi connectivity index (χ0n) is 6.79. The fraction of sp³-hybridized carbons (Fsp3) is 0.625. The number of imidazole rings is 1. The van der Waals surface area contributed by atoms with Crippen LogP contribution in [0.4, 0.5) is 0 Å². The minimum Gasteiger partial charge on any atom is -0.382 e. The van der Waals surface area contributed by atoms with Gasteiger partial charge in [-0.25, -0.2) is 4.98 Å². The Morgan fingerprint density at radius 2 is 2.55 bits per heavy atom. The molecule has 3 heteroatoms. The van der Waals surface area contributed by atoms with Gasteiger partial charge < -0.3 is 9.30 Å². The average molecular weight is 153 g/mol. The first-order chi connectivity index (χ1) is 5.43. The van der Waals surface area contributed by atoms with Crippen LogP contribution in [0.25, 0.3) is 0 Å². The van der Waals surface area contributed by atoms with Crippen molar-refractivity contribution in [2.24, 2.45) is 0 Å². The molecule has 1 heterocycles. The summed E-state index contributed by atoms with van der Waals surface area (Å²) in [6.07, 6.45) is 7.39. The van der Waals surface area contributed by atoms with Crippen molar-refractivity contribution in [2.45, 2.75) is 19.9 Å². The van der Waals surface area contributed by atoms with Gasteiger partial charge in [-0.05, 0) is 13.3 Å². The second-order valence-corrected chi connectivity index (χ2v) is 2.29. The van der Waals surface area contributed by atoms with Crippen molar-refractivity contribution in [3.8, 4) is 0 Å². The average Bonchev–Trinajstić information content (AvgIpc) is 2.50. The van der Waals surface area contributed by atoms with E-state index >= 15 is 0 Å². The van der Waals surface area contributed by atoms with E-state index in [1.165, 1.54) is 0 Å². The smallest absolute Gasteiger partial charge is 0.108 e. The topological polar surface area (TPSA) is 27.1 Å². The molecule has 0 atom stereocenters. The second-order valence-electron chi connectivity index (χ2n) is 2.29. The molecule has 0 saturated carbocycles. The maximum Gasteiger partial charge on any atom is 0.108 e.